The highest BCUT2D eigenvalue weighted by molar-refractivity contribution is 7.21. The number of nitrogens with two attached hydrogens (primary N) is 1. The maximum absolute atomic E-state index is 6.05. The molecule has 0 amide bonds. The highest BCUT2D eigenvalue weighted by atomic mass is 32.1. The summed E-state index contributed by atoms with van der Waals surface area (Å²) in [7, 11) is 0. The van der Waals surface area contributed by atoms with Gasteiger partial charge in [0.15, 0.2) is 0 Å². The van der Waals surface area contributed by atoms with Gasteiger partial charge < -0.3 is 0 Å². The first-order chi connectivity index (χ1) is 7.63. The summed E-state index contributed by atoms with van der Waals surface area (Å²) in [5.41, 5.74) is 8.71. The Morgan fingerprint density at radius 2 is 2.12 bits per heavy atom. The molecule has 0 spiro atoms. The van der Waals surface area contributed by atoms with Crippen molar-refractivity contribution in [2.24, 2.45) is 0 Å². The molecule has 0 saturated carbocycles. The zero-order valence-corrected chi connectivity index (χ0v) is 11.0. The highest BCUT2D eigenvalue weighted by Crippen LogP contribution is 2.26. The van der Waals surface area contributed by atoms with Crippen LogP contribution in [0, 0.1) is 0 Å². The van der Waals surface area contributed by atoms with Crippen molar-refractivity contribution in [1.29, 1.82) is 0 Å². The second-order valence-corrected chi connectivity index (χ2v) is 5.54. The van der Waals surface area contributed by atoms with Gasteiger partial charge in [0.1, 0.15) is 5.52 Å². The average molecular weight is 235 g/mol. The van der Waals surface area contributed by atoms with Crippen LogP contribution in [0.2, 0.25) is 0 Å². The van der Waals surface area contributed by atoms with Gasteiger partial charge in [0.25, 0.3) is 0 Å². The van der Waals surface area contributed by atoms with E-state index in [-0.39, 0.29) is 0 Å². The number of nitrogen functional groups attached to an aromatic ring is 1. The Balaban J connectivity index is 2.56. The van der Waals surface area contributed by atoms with Crippen LogP contribution in [0.3, 0.4) is 0 Å². The topological polar surface area (TPSA) is 29.9 Å². The third kappa shape index (κ3) is 1.92. The molecule has 2 aromatic rings. The SMILES string of the molecule is CCC[n+]1c(N)sc2cc(C(C)C)ccc21. The molecule has 0 aliphatic rings. The number of thiazole rings is 1. The van der Waals surface area contributed by atoms with Crippen LogP contribution >= 0.6 is 11.3 Å². The number of aromatic nitrogens is 1. The van der Waals surface area contributed by atoms with Crippen LogP contribution in [0.1, 0.15) is 38.7 Å². The van der Waals surface area contributed by atoms with Gasteiger partial charge in [-0.3, -0.25) is 5.73 Å². The summed E-state index contributed by atoms with van der Waals surface area (Å²) >= 11 is 1.69. The largest absolute Gasteiger partial charge is 0.332 e. The van der Waals surface area contributed by atoms with Gasteiger partial charge in [-0.2, -0.15) is 0 Å². The van der Waals surface area contributed by atoms with Crippen molar-refractivity contribution in [3.8, 4) is 0 Å². The van der Waals surface area contributed by atoms with Crippen LogP contribution in [0.15, 0.2) is 18.2 Å². The van der Waals surface area contributed by atoms with Crippen molar-refractivity contribution >= 4 is 26.7 Å². The summed E-state index contributed by atoms with van der Waals surface area (Å²) < 4.78 is 3.52. The van der Waals surface area contributed by atoms with Crippen molar-refractivity contribution in [3.63, 3.8) is 0 Å². The standard InChI is InChI=1S/C13H18N2S/c1-4-7-15-11-6-5-10(9(2)3)8-12(11)16-13(15)14/h5-6,8-9,14H,4,7H2,1-3H3/p+1. The summed E-state index contributed by atoms with van der Waals surface area (Å²) in [5.74, 6) is 0.576. The Morgan fingerprint density at radius 3 is 2.75 bits per heavy atom. The maximum Gasteiger partial charge on any atom is 0.332 e. The molecule has 0 aliphatic heterocycles. The van der Waals surface area contributed by atoms with Gasteiger partial charge in [0.2, 0.25) is 0 Å². The summed E-state index contributed by atoms with van der Waals surface area (Å²) in [6.45, 7) is 7.63. The predicted octanol–water partition coefficient (Wildman–Crippen LogP) is 3.30. The number of nitrogens with zero attached hydrogens (tertiary/aromatic N) is 1. The number of fused-ring (bicyclic) bond motifs is 1. The van der Waals surface area contributed by atoms with Crippen molar-refractivity contribution in [2.45, 2.75) is 39.7 Å². The molecule has 0 bridgehead atoms. The maximum atomic E-state index is 6.05. The second kappa shape index (κ2) is 4.42. The zero-order chi connectivity index (χ0) is 11.7. The quantitative estimate of drug-likeness (QED) is 0.813. The van der Waals surface area contributed by atoms with Gasteiger partial charge in [-0.25, -0.2) is 4.57 Å². The monoisotopic (exact) mass is 235 g/mol. The van der Waals surface area contributed by atoms with E-state index >= 15 is 0 Å². The van der Waals surface area contributed by atoms with Gasteiger partial charge >= 0.3 is 5.13 Å². The molecule has 1 aromatic carbocycles. The molecule has 86 valence electrons. The van der Waals surface area contributed by atoms with Crippen molar-refractivity contribution < 1.29 is 4.57 Å². The zero-order valence-electron chi connectivity index (χ0n) is 10.2. The summed E-state index contributed by atoms with van der Waals surface area (Å²) in [5, 5.41) is 0.915. The third-order valence-electron chi connectivity index (χ3n) is 2.87. The fraction of sp³-hybridized carbons (Fsp3) is 0.462. The Hall–Kier alpha value is -1.09. The van der Waals surface area contributed by atoms with Crippen LogP contribution in [0.25, 0.3) is 10.2 Å². The van der Waals surface area contributed by atoms with Crippen molar-refractivity contribution in [2.75, 3.05) is 5.73 Å². The van der Waals surface area contributed by atoms with Gasteiger partial charge in [0, 0.05) is 0 Å². The van der Waals surface area contributed by atoms with Crippen LogP contribution in [0.5, 0.6) is 0 Å². The molecule has 1 aromatic heterocycles. The molecule has 2 N–H and O–H groups in total. The molecular weight excluding hydrogens is 216 g/mol. The van der Waals surface area contributed by atoms with Gasteiger partial charge in [-0.1, -0.05) is 26.8 Å². The predicted molar refractivity (Wildman–Crippen MR) is 70.8 cm³/mol. The van der Waals surface area contributed by atoms with Crippen LogP contribution in [-0.4, -0.2) is 0 Å². The van der Waals surface area contributed by atoms with E-state index in [2.05, 4.69) is 43.5 Å². The lowest BCUT2D eigenvalue weighted by atomic mass is 10.0. The molecular formula is C13H19N2S+. The fourth-order valence-corrected chi connectivity index (χ4v) is 2.94. The molecule has 0 atom stereocenters. The number of hydrogen-bond acceptors (Lipinski definition) is 2. The number of hydrogen-bond donors (Lipinski definition) is 1. The molecule has 0 aliphatic carbocycles. The number of rotatable bonds is 3. The normalized spacial score (nSPS) is 11.5. The minimum absolute atomic E-state index is 0.576. The van der Waals surface area contributed by atoms with E-state index in [1.54, 1.807) is 11.3 Å². The van der Waals surface area contributed by atoms with E-state index in [0.29, 0.717) is 5.92 Å². The number of anilines is 1. The summed E-state index contributed by atoms with van der Waals surface area (Å²) in [6, 6.07) is 6.69. The Morgan fingerprint density at radius 1 is 1.38 bits per heavy atom. The summed E-state index contributed by atoms with van der Waals surface area (Å²) in [4.78, 5) is 0. The van der Waals surface area contributed by atoms with E-state index in [1.165, 1.54) is 15.8 Å². The van der Waals surface area contributed by atoms with Crippen LogP contribution in [-0.2, 0) is 6.54 Å². The lowest BCUT2D eigenvalue weighted by molar-refractivity contribution is -0.653. The Bertz CT molecular complexity index is 500. The first-order valence-electron chi connectivity index (χ1n) is 5.85. The van der Waals surface area contributed by atoms with Crippen molar-refractivity contribution in [1.82, 2.24) is 0 Å². The number of aryl methyl sites for hydroxylation is 1. The van der Waals surface area contributed by atoms with Gasteiger partial charge in [-0.05, 0) is 41.4 Å². The Kier molecular flexibility index (Phi) is 3.15. The molecule has 2 rings (SSSR count). The molecule has 0 unspecified atom stereocenters. The average Bonchev–Trinajstić information content (AvgIpc) is 2.55. The Labute approximate surface area is 101 Å². The molecule has 0 fully saturated rings. The molecule has 2 nitrogen and oxygen atoms in total. The lowest BCUT2D eigenvalue weighted by Crippen LogP contribution is -2.34. The molecule has 0 radical (unpaired) electrons. The van der Waals surface area contributed by atoms with Crippen molar-refractivity contribution in [3.05, 3.63) is 23.8 Å². The van der Waals surface area contributed by atoms with E-state index in [9.17, 15) is 0 Å². The molecule has 0 saturated heterocycles. The molecule has 16 heavy (non-hydrogen) atoms. The highest BCUT2D eigenvalue weighted by Gasteiger charge is 2.14. The second-order valence-electron chi connectivity index (χ2n) is 4.47. The van der Waals surface area contributed by atoms with E-state index in [0.717, 1.165) is 18.1 Å². The third-order valence-corrected chi connectivity index (χ3v) is 3.85. The fourth-order valence-electron chi connectivity index (χ4n) is 1.94. The smallest absolute Gasteiger partial charge is 0.278 e. The van der Waals surface area contributed by atoms with Gasteiger partial charge in [-0.15, -0.1) is 0 Å². The van der Waals surface area contributed by atoms with Crippen LogP contribution in [0.4, 0.5) is 5.13 Å². The first kappa shape index (κ1) is 11.4. The summed E-state index contributed by atoms with van der Waals surface area (Å²) in [6.07, 6.45) is 1.12. The molecule has 1 heterocycles. The van der Waals surface area contributed by atoms with E-state index in [1.807, 2.05) is 0 Å². The van der Waals surface area contributed by atoms with E-state index < -0.39 is 0 Å². The van der Waals surface area contributed by atoms with E-state index in [4.69, 9.17) is 5.73 Å². The molecule has 3 heteroatoms. The minimum Gasteiger partial charge on any atom is -0.278 e. The first-order valence-corrected chi connectivity index (χ1v) is 6.67. The van der Waals surface area contributed by atoms with Gasteiger partial charge in [0.05, 0.1) is 11.2 Å². The minimum atomic E-state index is 0.576. The van der Waals surface area contributed by atoms with Crippen LogP contribution < -0.4 is 10.3 Å². The number of benzene rings is 1. The lowest BCUT2D eigenvalue weighted by Gasteiger charge is -2.04.